The predicted octanol–water partition coefficient (Wildman–Crippen LogP) is 2.39. The van der Waals surface area contributed by atoms with Crippen LogP contribution in [0.5, 0.6) is 0 Å². The van der Waals surface area contributed by atoms with Gasteiger partial charge in [0.1, 0.15) is 0 Å². The van der Waals surface area contributed by atoms with E-state index < -0.39 is 0 Å². The molecule has 0 radical (unpaired) electrons. The molecule has 1 heterocycles. The predicted molar refractivity (Wildman–Crippen MR) is 73.6 cm³/mol. The lowest BCUT2D eigenvalue weighted by Gasteiger charge is -2.35. The first kappa shape index (κ1) is 13.4. The lowest BCUT2D eigenvalue weighted by atomic mass is 10.0. The Labute approximate surface area is 113 Å². The van der Waals surface area contributed by atoms with Gasteiger partial charge in [-0.15, -0.1) is 0 Å². The average Bonchev–Trinajstić information content (AvgIpc) is 2.34. The van der Waals surface area contributed by atoms with Crippen molar-refractivity contribution in [2.75, 3.05) is 20.6 Å². The van der Waals surface area contributed by atoms with E-state index in [0.29, 0.717) is 6.54 Å². The summed E-state index contributed by atoms with van der Waals surface area (Å²) in [6, 6.07) is 7.74. The number of rotatable bonds is 3. The first-order valence-corrected chi connectivity index (χ1v) is 6.65. The maximum atomic E-state index is 12.3. The highest BCUT2D eigenvalue weighted by atomic mass is 35.5. The molecule has 0 saturated carbocycles. The molecule has 1 unspecified atom stereocenters. The van der Waals surface area contributed by atoms with E-state index in [1.165, 1.54) is 0 Å². The zero-order chi connectivity index (χ0) is 13.1. The van der Waals surface area contributed by atoms with Crippen molar-refractivity contribution < 1.29 is 4.79 Å². The summed E-state index contributed by atoms with van der Waals surface area (Å²) in [4.78, 5) is 16.2. The standard InChI is InChI=1S/C14H19ClN2O/c1-16(2)13-4-3-9-17(14(13)18)10-11-5-7-12(15)8-6-11/h5-8,13H,3-4,9-10H2,1-2H3. The van der Waals surface area contributed by atoms with Crippen molar-refractivity contribution in [1.82, 2.24) is 9.80 Å². The number of amides is 1. The van der Waals surface area contributed by atoms with Gasteiger partial charge in [-0.25, -0.2) is 0 Å². The van der Waals surface area contributed by atoms with Crippen LogP contribution in [0.2, 0.25) is 5.02 Å². The van der Waals surface area contributed by atoms with Crippen LogP contribution in [-0.4, -0.2) is 42.4 Å². The summed E-state index contributed by atoms with van der Waals surface area (Å²) in [5, 5.41) is 0.731. The summed E-state index contributed by atoms with van der Waals surface area (Å²) >= 11 is 5.86. The molecule has 1 atom stereocenters. The van der Waals surface area contributed by atoms with Crippen LogP contribution in [-0.2, 0) is 11.3 Å². The second kappa shape index (κ2) is 5.72. The molecule has 0 aromatic heterocycles. The summed E-state index contributed by atoms with van der Waals surface area (Å²) in [7, 11) is 3.93. The monoisotopic (exact) mass is 266 g/mol. The van der Waals surface area contributed by atoms with E-state index >= 15 is 0 Å². The summed E-state index contributed by atoms with van der Waals surface area (Å²) in [5.41, 5.74) is 1.13. The third-order valence-electron chi connectivity index (χ3n) is 3.41. The number of hydrogen-bond acceptors (Lipinski definition) is 2. The van der Waals surface area contributed by atoms with E-state index in [2.05, 4.69) is 0 Å². The number of likely N-dealkylation sites (N-methyl/N-ethyl adjacent to an activating group) is 1. The Hall–Kier alpha value is -1.06. The Morgan fingerprint density at radius 3 is 2.61 bits per heavy atom. The second-order valence-electron chi connectivity index (χ2n) is 5.01. The van der Waals surface area contributed by atoms with Crippen LogP contribution >= 0.6 is 11.6 Å². The number of hydrogen-bond donors (Lipinski definition) is 0. The van der Waals surface area contributed by atoms with Gasteiger partial charge >= 0.3 is 0 Å². The van der Waals surface area contributed by atoms with Gasteiger partial charge in [0.05, 0.1) is 6.04 Å². The van der Waals surface area contributed by atoms with Crippen LogP contribution in [0.15, 0.2) is 24.3 Å². The molecule has 0 bridgehead atoms. The molecule has 4 heteroatoms. The number of piperidine rings is 1. The van der Waals surface area contributed by atoms with Gasteiger partial charge in [-0.05, 0) is 44.6 Å². The summed E-state index contributed by atoms with van der Waals surface area (Å²) < 4.78 is 0. The third-order valence-corrected chi connectivity index (χ3v) is 3.66. The van der Waals surface area contributed by atoms with E-state index in [0.717, 1.165) is 30.0 Å². The van der Waals surface area contributed by atoms with Gasteiger partial charge in [-0.2, -0.15) is 0 Å². The smallest absolute Gasteiger partial charge is 0.240 e. The molecule has 1 aliphatic rings. The quantitative estimate of drug-likeness (QED) is 0.839. The largest absolute Gasteiger partial charge is 0.337 e. The minimum Gasteiger partial charge on any atom is -0.337 e. The van der Waals surface area contributed by atoms with Gasteiger partial charge in [-0.3, -0.25) is 9.69 Å². The molecule has 1 saturated heterocycles. The highest BCUT2D eigenvalue weighted by molar-refractivity contribution is 6.30. The molecule has 18 heavy (non-hydrogen) atoms. The van der Waals surface area contributed by atoms with Crippen molar-refractivity contribution in [2.24, 2.45) is 0 Å². The number of benzene rings is 1. The van der Waals surface area contributed by atoms with Crippen LogP contribution < -0.4 is 0 Å². The van der Waals surface area contributed by atoms with Crippen molar-refractivity contribution >= 4 is 17.5 Å². The first-order valence-electron chi connectivity index (χ1n) is 6.27. The molecule has 1 fully saturated rings. The number of likely N-dealkylation sites (tertiary alicyclic amines) is 1. The Morgan fingerprint density at radius 1 is 1.33 bits per heavy atom. The van der Waals surface area contributed by atoms with Crippen LogP contribution in [0.1, 0.15) is 18.4 Å². The number of halogens is 1. The zero-order valence-electron chi connectivity index (χ0n) is 10.9. The summed E-state index contributed by atoms with van der Waals surface area (Å²) in [5.74, 6) is 0.237. The maximum Gasteiger partial charge on any atom is 0.240 e. The molecule has 98 valence electrons. The highest BCUT2D eigenvalue weighted by Crippen LogP contribution is 2.18. The van der Waals surface area contributed by atoms with E-state index in [9.17, 15) is 4.79 Å². The molecule has 1 aromatic rings. The minimum absolute atomic E-state index is 0.0334. The number of nitrogens with zero attached hydrogens (tertiary/aromatic N) is 2. The molecule has 1 amide bonds. The van der Waals surface area contributed by atoms with E-state index in [1.807, 2.05) is 48.2 Å². The SMILES string of the molecule is CN(C)C1CCCN(Cc2ccc(Cl)cc2)C1=O. The van der Waals surface area contributed by atoms with Gasteiger partial charge in [-0.1, -0.05) is 23.7 Å². The Morgan fingerprint density at radius 2 is 2.00 bits per heavy atom. The molecular formula is C14H19ClN2O. The van der Waals surface area contributed by atoms with Gasteiger partial charge in [0.2, 0.25) is 5.91 Å². The zero-order valence-corrected chi connectivity index (χ0v) is 11.7. The van der Waals surface area contributed by atoms with Crippen LogP contribution in [0, 0.1) is 0 Å². The van der Waals surface area contributed by atoms with E-state index in [4.69, 9.17) is 11.6 Å². The van der Waals surface area contributed by atoms with Crippen molar-refractivity contribution in [2.45, 2.75) is 25.4 Å². The van der Waals surface area contributed by atoms with Gasteiger partial charge < -0.3 is 4.90 Å². The van der Waals surface area contributed by atoms with E-state index in [-0.39, 0.29) is 11.9 Å². The fourth-order valence-electron chi connectivity index (χ4n) is 2.37. The summed E-state index contributed by atoms with van der Waals surface area (Å²) in [6.45, 7) is 1.53. The fourth-order valence-corrected chi connectivity index (χ4v) is 2.49. The van der Waals surface area contributed by atoms with Crippen LogP contribution in [0.3, 0.4) is 0 Å². The molecular weight excluding hydrogens is 248 g/mol. The first-order chi connectivity index (χ1) is 8.58. The Balaban J connectivity index is 2.04. The van der Waals surface area contributed by atoms with Gasteiger partial charge in [0.15, 0.2) is 0 Å². The normalized spacial score (nSPS) is 20.6. The molecule has 0 aliphatic carbocycles. The molecule has 1 aliphatic heterocycles. The van der Waals surface area contributed by atoms with Gasteiger partial charge in [0.25, 0.3) is 0 Å². The topological polar surface area (TPSA) is 23.6 Å². The lowest BCUT2D eigenvalue weighted by molar-refractivity contribution is -0.139. The highest BCUT2D eigenvalue weighted by Gasteiger charge is 2.29. The minimum atomic E-state index is 0.0334. The molecule has 2 rings (SSSR count). The third kappa shape index (κ3) is 3.03. The fraction of sp³-hybridized carbons (Fsp3) is 0.500. The number of carbonyl (C=O) groups is 1. The van der Waals surface area contributed by atoms with Crippen molar-refractivity contribution in [3.8, 4) is 0 Å². The second-order valence-corrected chi connectivity index (χ2v) is 5.44. The average molecular weight is 267 g/mol. The Kier molecular flexibility index (Phi) is 4.25. The Bertz CT molecular complexity index is 416. The van der Waals surface area contributed by atoms with Crippen molar-refractivity contribution in [3.05, 3.63) is 34.9 Å². The van der Waals surface area contributed by atoms with Crippen LogP contribution in [0.25, 0.3) is 0 Å². The molecule has 0 spiro atoms. The van der Waals surface area contributed by atoms with Crippen molar-refractivity contribution in [1.29, 1.82) is 0 Å². The number of carbonyl (C=O) groups excluding carboxylic acids is 1. The summed E-state index contributed by atoms with van der Waals surface area (Å²) in [6.07, 6.45) is 2.03. The lowest BCUT2D eigenvalue weighted by Crippen LogP contribution is -2.49. The van der Waals surface area contributed by atoms with E-state index in [1.54, 1.807) is 0 Å². The molecule has 1 aromatic carbocycles. The maximum absolute atomic E-state index is 12.3. The molecule has 3 nitrogen and oxygen atoms in total. The van der Waals surface area contributed by atoms with Crippen molar-refractivity contribution in [3.63, 3.8) is 0 Å². The van der Waals surface area contributed by atoms with Gasteiger partial charge in [0, 0.05) is 18.1 Å². The van der Waals surface area contributed by atoms with Crippen LogP contribution in [0.4, 0.5) is 0 Å². The molecule has 0 N–H and O–H groups in total.